The van der Waals surface area contributed by atoms with Crippen LogP contribution < -0.4 is 10.5 Å². The standard InChI is InChI=1S/C16H15BrFNO/c1-9-6-10(2-5-13(9)17)15-8-14(19)12-4-3-11(18)7-16(12)20-15/h2-7,14-15H,8,19H2,1H3. The van der Waals surface area contributed by atoms with Crippen LogP contribution in [0, 0.1) is 12.7 Å². The minimum atomic E-state index is -0.302. The molecule has 0 bridgehead atoms. The van der Waals surface area contributed by atoms with Gasteiger partial charge in [-0.3, -0.25) is 0 Å². The fourth-order valence-electron chi connectivity index (χ4n) is 2.55. The van der Waals surface area contributed by atoms with Crippen molar-refractivity contribution >= 4 is 15.9 Å². The van der Waals surface area contributed by atoms with E-state index in [0.717, 1.165) is 21.2 Å². The first-order valence-electron chi connectivity index (χ1n) is 6.52. The molecule has 0 amide bonds. The van der Waals surface area contributed by atoms with Gasteiger partial charge < -0.3 is 10.5 Å². The molecule has 1 aliphatic rings. The molecule has 0 radical (unpaired) electrons. The first kappa shape index (κ1) is 13.6. The Hall–Kier alpha value is -1.39. The average Bonchev–Trinajstić information content (AvgIpc) is 2.41. The summed E-state index contributed by atoms with van der Waals surface area (Å²) in [5.74, 6) is 0.248. The van der Waals surface area contributed by atoms with Crippen LogP contribution in [0.4, 0.5) is 4.39 Å². The summed E-state index contributed by atoms with van der Waals surface area (Å²) in [6, 6.07) is 10.5. The number of halogens is 2. The number of hydrogen-bond acceptors (Lipinski definition) is 2. The van der Waals surface area contributed by atoms with Crippen molar-refractivity contribution in [2.45, 2.75) is 25.5 Å². The van der Waals surface area contributed by atoms with Crippen LogP contribution in [0.2, 0.25) is 0 Å². The van der Waals surface area contributed by atoms with Crippen molar-refractivity contribution in [2.24, 2.45) is 5.73 Å². The Morgan fingerprint density at radius 3 is 2.80 bits per heavy atom. The summed E-state index contributed by atoms with van der Waals surface area (Å²) in [6.45, 7) is 2.03. The van der Waals surface area contributed by atoms with Gasteiger partial charge in [-0.2, -0.15) is 0 Å². The van der Waals surface area contributed by atoms with Crippen LogP contribution in [0.15, 0.2) is 40.9 Å². The summed E-state index contributed by atoms with van der Waals surface area (Å²) >= 11 is 3.49. The second kappa shape index (κ2) is 5.19. The highest BCUT2D eigenvalue weighted by Crippen LogP contribution is 2.40. The van der Waals surface area contributed by atoms with Gasteiger partial charge in [-0.05, 0) is 30.2 Å². The van der Waals surface area contributed by atoms with Gasteiger partial charge >= 0.3 is 0 Å². The van der Waals surface area contributed by atoms with Crippen molar-refractivity contribution in [3.05, 3.63) is 63.4 Å². The van der Waals surface area contributed by atoms with Gasteiger partial charge in [0.05, 0.1) is 0 Å². The number of nitrogens with two attached hydrogens (primary N) is 1. The molecule has 2 atom stereocenters. The van der Waals surface area contributed by atoms with Gasteiger partial charge in [0.2, 0.25) is 0 Å². The van der Waals surface area contributed by atoms with Crippen molar-refractivity contribution in [1.82, 2.24) is 0 Å². The Kier molecular flexibility index (Phi) is 3.52. The van der Waals surface area contributed by atoms with E-state index in [1.807, 2.05) is 19.1 Å². The highest BCUT2D eigenvalue weighted by Gasteiger charge is 2.27. The minimum Gasteiger partial charge on any atom is -0.485 e. The van der Waals surface area contributed by atoms with E-state index in [-0.39, 0.29) is 18.0 Å². The normalized spacial score (nSPS) is 21.2. The lowest BCUT2D eigenvalue weighted by Gasteiger charge is -2.30. The molecule has 2 unspecified atom stereocenters. The van der Waals surface area contributed by atoms with Crippen LogP contribution in [-0.2, 0) is 0 Å². The lowest BCUT2D eigenvalue weighted by Crippen LogP contribution is -2.24. The van der Waals surface area contributed by atoms with Gasteiger partial charge in [0.1, 0.15) is 17.7 Å². The first-order chi connectivity index (χ1) is 9.54. The lowest BCUT2D eigenvalue weighted by atomic mass is 9.93. The van der Waals surface area contributed by atoms with Crippen molar-refractivity contribution in [2.75, 3.05) is 0 Å². The fraction of sp³-hybridized carbons (Fsp3) is 0.250. The molecule has 20 heavy (non-hydrogen) atoms. The monoisotopic (exact) mass is 335 g/mol. The first-order valence-corrected chi connectivity index (χ1v) is 7.31. The number of hydrogen-bond donors (Lipinski definition) is 1. The molecule has 1 heterocycles. The largest absolute Gasteiger partial charge is 0.485 e. The van der Waals surface area contributed by atoms with Crippen LogP contribution in [0.3, 0.4) is 0 Å². The van der Waals surface area contributed by atoms with Crippen LogP contribution in [0.25, 0.3) is 0 Å². The summed E-state index contributed by atoms with van der Waals surface area (Å²) in [5.41, 5.74) is 9.26. The van der Waals surface area contributed by atoms with Gasteiger partial charge in [0.15, 0.2) is 0 Å². The zero-order valence-electron chi connectivity index (χ0n) is 11.1. The molecule has 0 fully saturated rings. The molecule has 2 aromatic rings. The third-order valence-electron chi connectivity index (χ3n) is 3.67. The van der Waals surface area contributed by atoms with Crippen LogP contribution >= 0.6 is 15.9 Å². The van der Waals surface area contributed by atoms with Crippen LogP contribution in [0.5, 0.6) is 5.75 Å². The smallest absolute Gasteiger partial charge is 0.127 e. The number of fused-ring (bicyclic) bond motifs is 1. The maximum atomic E-state index is 13.3. The zero-order valence-corrected chi connectivity index (χ0v) is 12.7. The minimum absolute atomic E-state index is 0.131. The fourth-order valence-corrected chi connectivity index (χ4v) is 2.79. The highest BCUT2D eigenvalue weighted by atomic mass is 79.9. The van der Waals surface area contributed by atoms with Crippen molar-refractivity contribution in [3.8, 4) is 5.75 Å². The Balaban J connectivity index is 1.96. The molecule has 2 N–H and O–H groups in total. The second-order valence-electron chi connectivity index (χ2n) is 5.14. The van der Waals surface area contributed by atoms with Gasteiger partial charge in [-0.25, -0.2) is 4.39 Å². The summed E-state index contributed by atoms with van der Waals surface area (Å²) in [7, 11) is 0. The van der Waals surface area contributed by atoms with Gasteiger partial charge in [-0.1, -0.05) is 34.1 Å². The number of benzene rings is 2. The molecule has 0 aliphatic carbocycles. The predicted octanol–water partition coefficient (Wildman–Crippen LogP) is 4.42. The maximum Gasteiger partial charge on any atom is 0.127 e. The quantitative estimate of drug-likeness (QED) is 0.837. The number of aryl methyl sites for hydroxylation is 1. The van der Waals surface area contributed by atoms with Gasteiger partial charge in [0, 0.05) is 28.6 Å². The highest BCUT2D eigenvalue weighted by molar-refractivity contribution is 9.10. The Morgan fingerprint density at radius 1 is 1.25 bits per heavy atom. The van der Waals surface area contributed by atoms with E-state index in [1.54, 1.807) is 6.07 Å². The van der Waals surface area contributed by atoms with E-state index in [0.29, 0.717) is 12.2 Å². The van der Waals surface area contributed by atoms with E-state index < -0.39 is 0 Å². The third kappa shape index (κ3) is 2.45. The summed E-state index contributed by atoms with van der Waals surface area (Å²) in [6.07, 6.45) is 0.561. The molecule has 0 saturated carbocycles. The van der Waals surface area contributed by atoms with Crippen LogP contribution in [-0.4, -0.2) is 0 Å². The van der Waals surface area contributed by atoms with Crippen molar-refractivity contribution in [1.29, 1.82) is 0 Å². The van der Waals surface area contributed by atoms with Crippen LogP contribution in [0.1, 0.15) is 35.3 Å². The molecule has 4 heteroatoms. The molecular weight excluding hydrogens is 321 g/mol. The molecule has 3 rings (SSSR count). The van der Waals surface area contributed by atoms with E-state index >= 15 is 0 Å². The molecule has 0 aromatic heterocycles. The Bertz CT molecular complexity index is 659. The summed E-state index contributed by atoms with van der Waals surface area (Å²) in [4.78, 5) is 0. The SMILES string of the molecule is Cc1cc(C2CC(N)c3ccc(F)cc3O2)ccc1Br. The maximum absolute atomic E-state index is 13.3. The molecule has 0 saturated heterocycles. The summed E-state index contributed by atoms with van der Waals surface area (Å²) < 4.78 is 20.3. The zero-order chi connectivity index (χ0) is 14.3. The lowest BCUT2D eigenvalue weighted by molar-refractivity contribution is 0.160. The van der Waals surface area contributed by atoms with E-state index in [1.165, 1.54) is 12.1 Å². The summed E-state index contributed by atoms with van der Waals surface area (Å²) in [5, 5.41) is 0. The van der Waals surface area contributed by atoms with E-state index in [4.69, 9.17) is 10.5 Å². The van der Waals surface area contributed by atoms with Crippen molar-refractivity contribution < 1.29 is 9.13 Å². The number of rotatable bonds is 1. The molecule has 2 aromatic carbocycles. The third-order valence-corrected chi connectivity index (χ3v) is 4.56. The Labute approximate surface area is 125 Å². The average molecular weight is 336 g/mol. The topological polar surface area (TPSA) is 35.2 Å². The van der Waals surface area contributed by atoms with Crippen molar-refractivity contribution in [3.63, 3.8) is 0 Å². The second-order valence-corrected chi connectivity index (χ2v) is 5.99. The number of ether oxygens (including phenoxy) is 1. The predicted molar refractivity (Wildman–Crippen MR) is 80.2 cm³/mol. The van der Waals surface area contributed by atoms with E-state index in [9.17, 15) is 4.39 Å². The molecular formula is C16H15BrFNO. The van der Waals surface area contributed by atoms with Gasteiger partial charge in [0.25, 0.3) is 0 Å². The molecule has 104 valence electrons. The molecule has 1 aliphatic heterocycles. The van der Waals surface area contributed by atoms with E-state index in [2.05, 4.69) is 22.0 Å². The molecule has 0 spiro atoms. The molecule has 2 nitrogen and oxygen atoms in total. The van der Waals surface area contributed by atoms with Gasteiger partial charge in [-0.15, -0.1) is 0 Å². The Morgan fingerprint density at radius 2 is 2.05 bits per heavy atom.